The van der Waals surface area contributed by atoms with Gasteiger partial charge in [-0.2, -0.15) is 0 Å². The summed E-state index contributed by atoms with van der Waals surface area (Å²) in [5.74, 6) is -0.0535. The number of benzene rings is 2. The van der Waals surface area contributed by atoms with E-state index in [2.05, 4.69) is 4.98 Å². The van der Waals surface area contributed by atoms with Gasteiger partial charge in [0.1, 0.15) is 21.9 Å². The van der Waals surface area contributed by atoms with Crippen LogP contribution in [0.2, 0.25) is 5.02 Å². The fourth-order valence-electron chi connectivity index (χ4n) is 2.45. The molecule has 0 amide bonds. The molecule has 7 heteroatoms. The maximum atomic E-state index is 11.6. The molecule has 0 saturated carbocycles. The summed E-state index contributed by atoms with van der Waals surface area (Å²) in [5, 5.41) is 10.4. The van der Waals surface area contributed by atoms with Crippen molar-refractivity contribution in [2.75, 3.05) is 0 Å². The molecule has 0 aliphatic heterocycles. The molecule has 0 saturated heterocycles. The standard InChI is InChI=1S/C20H12ClNO4S/c21-13-7-5-12(6-8-13)16-10-9-14(25-16)11-18(19(23)24)27-20-22-15-3-1-2-4-17(15)26-20/h1-11H,(H,23,24)/b18-11+. The van der Waals surface area contributed by atoms with Crippen LogP contribution in [0, 0.1) is 0 Å². The van der Waals surface area contributed by atoms with Gasteiger partial charge in [0.15, 0.2) is 5.58 Å². The lowest BCUT2D eigenvalue weighted by atomic mass is 10.2. The zero-order chi connectivity index (χ0) is 18.8. The average Bonchev–Trinajstić information content (AvgIpc) is 3.28. The average molecular weight is 398 g/mol. The van der Waals surface area contributed by atoms with Gasteiger partial charge in [0.05, 0.1) is 0 Å². The minimum absolute atomic E-state index is 0.0403. The normalized spacial score (nSPS) is 11.8. The Hall–Kier alpha value is -2.96. The highest BCUT2D eigenvalue weighted by Gasteiger charge is 2.16. The molecule has 0 unspecified atom stereocenters. The van der Waals surface area contributed by atoms with Crippen molar-refractivity contribution in [1.29, 1.82) is 0 Å². The van der Waals surface area contributed by atoms with Crippen LogP contribution in [-0.2, 0) is 4.79 Å². The zero-order valence-corrected chi connectivity index (χ0v) is 15.3. The van der Waals surface area contributed by atoms with E-state index in [1.807, 2.05) is 24.3 Å². The van der Waals surface area contributed by atoms with E-state index in [9.17, 15) is 9.90 Å². The van der Waals surface area contributed by atoms with Crippen LogP contribution in [0.5, 0.6) is 0 Å². The van der Waals surface area contributed by atoms with Crippen LogP contribution in [0.3, 0.4) is 0 Å². The number of furan rings is 1. The van der Waals surface area contributed by atoms with E-state index in [1.54, 1.807) is 36.4 Å². The number of carboxylic acids is 1. The molecular weight excluding hydrogens is 386 g/mol. The Balaban J connectivity index is 1.61. The van der Waals surface area contributed by atoms with E-state index in [0.717, 1.165) is 17.3 Å². The molecule has 0 atom stereocenters. The quantitative estimate of drug-likeness (QED) is 0.331. The maximum Gasteiger partial charge on any atom is 0.342 e. The van der Waals surface area contributed by atoms with Crippen molar-refractivity contribution >= 4 is 46.5 Å². The lowest BCUT2D eigenvalue weighted by molar-refractivity contribution is -0.131. The second-order valence-electron chi connectivity index (χ2n) is 5.57. The topological polar surface area (TPSA) is 76.5 Å². The number of para-hydroxylation sites is 2. The van der Waals surface area contributed by atoms with Gasteiger partial charge >= 0.3 is 5.97 Å². The Morgan fingerprint density at radius 3 is 2.56 bits per heavy atom. The minimum Gasteiger partial charge on any atom is -0.477 e. The third kappa shape index (κ3) is 3.92. The van der Waals surface area contributed by atoms with Crippen LogP contribution in [0.25, 0.3) is 28.5 Å². The minimum atomic E-state index is -1.09. The first kappa shape index (κ1) is 17.5. The highest BCUT2D eigenvalue weighted by molar-refractivity contribution is 8.03. The first-order valence-electron chi connectivity index (χ1n) is 7.93. The van der Waals surface area contributed by atoms with Gasteiger partial charge in [0.2, 0.25) is 0 Å². The number of hydrogen-bond donors (Lipinski definition) is 1. The fourth-order valence-corrected chi connectivity index (χ4v) is 3.30. The highest BCUT2D eigenvalue weighted by Crippen LogP contribution is 2.32. The van der Waals surface area contributed by atoms with Crippen molar-refractivity contribution in [3.05, 3.63) is 76.4 Å². The number of rotatable bonds is 5. The van der Waals surface area contributed by atoms with E-state index >= 15 is 0 Å². The molecule has 0 aliphatic carbocycles. The van der Waals surface area contributed by atoms with Gasteiger partial charge in [-0.25, -0.2) is 9.78 Å². The number of aromatic nitrogens is 1. The third-order valence-corrected chi connectivity index (χ3v) is 4.82. The van der Waals surface area contributed by atoms with Gasteiger partial charge in [-0.1, -0.05) is 23.7 Å². The molecule has 2 heterocycles. The van der Waals surface area contributed by atoms with Crippen LogP contribution in [0.4, 0.5) is 0 Å². The van der Waals surface area contributed by atoms with E-state index in [1.165, 1.54) is 6.08 Å². The Bertz CT molecular complexity index is 1110. The number of oxazole rings is 1. The van der Waals surface area contributed by atoms with Gasteiger partial charge in [-0.15, -0.1) is 0 Å². The van der Waals surface area contributed by atoms with Crippen LogP contribution >= 0.6 is 23.4 Å². The van der Waals surface area contributed by atoms with Crippen molar-refractivity contribution in [3.63, 3.8) is 0 Å². The molecule has 0 spiro atoms. The van der Waals surface area contributed by atoms with Crippen LogP contribution in [0.15, 0.2) is 79.6 Å². The molecule has 0 fully saturated rings. The number of fused-ring (bicyclic) bond motifs is 1. The number of aliphatic carboxylic acids is 1. The predicted octanol–water partition coefficient (Wildman–Crippen LogP) is 5.96. The van der Waals surface area contributed by atoms with Gasteiger partial charge in [-0.3, -0.25) is 0 Å². The summed E-state index contributed by atoms with van der Waals surface area (Å²) in [7, 11) is 0. The maximum absolute atomic E-state index is 11.6. The summed E-state index contributed by atoms with van der Waals surface area (Å²) in [6.45, 7) is 0. The molecule has 4 rings (SSSR count). The Kier molecular flexibility index (Phi) is 4.75. The first-order chi connectivity index (χ1) is 13.1. The smallest absolute Gasteiger partial charge is 0.342 e. The summed E-state index contributed by atoms with van der Waals surface area (Å²) < 4.78 is 11.3. The Morgan fingerprint density at radius 1 is 1.04 bits per heavy atom. The molecule has 2 aromatic heterocycles. The molecule has 27 heavy (non-hydrogen) atoms. The molecular formula is C20H12ClNO4S. The molecule has 0 aliphatic rings. The summed E-state index contributed by atoms with van der Waals surface area (Å²) in [6.07, 6.45) is 1.45. The molecule has 4 aromatic rings. The molecule has 1 N–H and O–H groups in total. The second kappa shape index (κ2) is 7.34. The summed E-state index contributed by atoms with van der Waals surface area (Å²) in [5.41, 5.74) is 2.13. The van der Waals surface area contributed by atoms with E-state index in [4.69, 9.17) is 20.4 Å². The van der Waals surface area contributed by atoms with Crippen LogP contribution < -0.4 is 0 Å². The van der Waals surface area contributed by atoms with E-state index < -0.39 is 5.97 Å². The second-order valence-corrected chi connectivity index (χ2v) is 7.00. The first-order valence-corrected chi connectivity index (χ1v) is 9.12. The van der Waals surface area contributed by atoms with Crippen LogP contribution in [-0.4, -0.2) is 16.1 Å². The SMILES string of the molecule is O=C(O)/C(=C\c1ccc(-c2ccc(Cl)cc2)o1)Sc1nc2ccccc2o1. The van der Waals surface area contributed by atoms with Crippen molar-refractivity contribution in [3.8, 4) is 11.3 Å². The monoisotopic (exact) mass is 397 g/mol. The van der Waals surface area contributed by atoms with Gasteiger partial charge in [0.25, 0.3) is 5.22 Å². The molecule has 2 aromatic carbocycles. The Morgan fingerprint density at radius 2 is 1.81 bits per heavy atom. The largest absolute Gasteiger partial charge is 0.477 e. The Labute approximate surface area is 163 Å². The molecule has 0 radical (unpaired) electrons. The lowest BCUT2D eigenvalue weighted by Gasteiger charge is -1.98. The molecule has 0 bridgehead atoms. The fraction of sp³-hybridized carbons (Fsp3) is 0. The number of hydrogen-bond acceptors (Lipinski definition) is 5. The zero-order valence-electron chi connectivity index (χ0n) is 13.8. The van der Waals surface area contributed by atoms with Crippen molar-refractivity contribution in [2.24, 2.45) is 0 Å². The molecule has 134 valence electrons. The number of thioether (sulfide) groups is 1. The van der Waals surface area contributed by atoms with Gasteiger partial charge < -0.3 is 13.9 Å². The predicted molar refractivity (Wildman–Crippen MR) is 105 cm³/mol. The highest BCUT2D eigenvalue weighted by atomic mass is 35.5. The van der Waals surface area contributed by atoms with Gasteiger partial charge in [0, 0.05) is 16.7 Å². The summed E-state index contributed by atoms with van der Waals surface area (Å²) >= 11 is 6.82. The third-order valence-electron chi connectivity index (χ3n) is 3.71. The van der Waals surface area contributed by atoms with Crippen molar-refractivity contribution in [1.82, 2.24) is 4.98 Å². The number of carbonyl (C=O) groups is 1. The summed E-state index contributed by atoms with van der Waals surface area (Å²) in [6, 6.07) is 17.9. The van der Waals surface area contributed by atoms with Crippen LogP contribution in [0.1, 0.15) is 5.76 Å². The van der Waals surface area contributed by atoms with Gasteiger partial charge in [-0.05, 0) is 60.3 Å². The molecule has 5 nitrogen and oxygen atoms in total. The number of halogens is 1. The van der Waals surface area contributed by atoms with Crippen molar-refractivity contribution in [2.45, 2.75) is 5.22 Å². The van der Waals surface area contributed by atoms with E-state index in [0.29, 0.717) is 27.6 Å². The lowest BCUT2D eigenvalue weighted by Crippen LogP contribution is -1.96. The van der Waals surface area contributed by atoms with Crippen molar-refractivity contribution < 1.29 is 18.7 Å². The van der Waals surface area contributed by atoms with E-state index in [-0.39, 0.29) is 10.1 Å². The number of nitrogens with zero attached hydrogens (tertiary/aromatic N) is 1. The summed E-state index contributed by atoms with van der Waals surface area (Å²) in [4.78, 5) is 15.9. The number of carboxylic acid groups (broad SMARTS) is 1.